The Labute approximate surface area is 94.7 Å². The Morgan fingerprint density at radius 1 is 1.19 bits per heavy atom. The molecule has 0 bridgehead atoms. The van der Waals surface area contributed by atoms with Crippen molar-refractivity contribution < 1.29 is 9.59 Å². The van der Waals surface area contributed by atoms with Crippen molar-refractivity contribution >= 4 is 17.6 Å². The van der Waals surface area contributed by atoms with Crippen molar-refractivity contribution in [1.29, 1.82) is 0 Å². The highest BCUT2D eigenvalue weighted by molar-refractivity contribution is 6.02. The quantitative estimate of drug-likeness (QED) is 0.630. The second-order valence-corrected chi connectivity index (χ2v) is 4.29. The van der Waals surface area contributed by atoms with Gasteiger partial charge in [-0.3, -0.25) is 19.9 Å². The number of rotatable bonds is 1. The molecule has 2 heterocycles. The van der Waals surface area contributed by atoms with Crippen LogP contribution in [0, 0.1) is 0 Å². The van der Waals surface area contributed by atoms with Crippen molar-refractivity contribution in [2.45, 2.75) is 44.6 Å². The number of imide groups is 1. The van der Waals surface area contributed by atoms with Crippen LogP contribution < -0.4 is 10.6 Å². The van der Waals surface area contributed by atoms with E-state index in [4.69, 9.17) is 0 Å². The third-order valence-electron chi connectivity index (χ3n) is 2.95. The van der Waals surface area contributed by atoms with Gasteiger partial charge in [0, 0.05) is 19.4 Å². The second kappa shape index (κ2) is 5.09. The van der Waals surface area contributed by atoms with Crippen LogP contribution in [0.4, 0.5) is 0 Å². The summed E-state index contributed by atoms with van der Waals surface area (Å²) in [5.74, 6) is 0.529. The number of nitrogens with one attached hydrogen (secondary N) is 2. The minimum Gasteiger partial charge on any atom is -0.362 e. The number of piperidine rings is 1. The van der Waals surface area contributed by atoms with Crippen molar-refractivity contribution in [2.24, 2.45) is 4.99 Å². The first-order valence-electron chi connectivity index (χ1n) is 5.89. The molecule has 1 fully saturated rings. The summed E-state index contributed by atoms with van der Waals surface area (Å²) in [5.41, 5.74) is 0. The van der Waals surface area contributed by atoms with Gasteiger partial charge in [-0.1, -0.05) is 6.42 Å². The van der Waals surface area contributed by atoms with Crippen LogP contribution in [-0.4, -0.2) is 30.2 Å². The van der Waals surface area contributed by atoms with E-state index in [0.29, 0.717) is 12.8 Å². The zero-order chi connectivity index (χ0) is 11.4. The molecule has 1 unspecified atom stereocenters. The van der Waals surface area contributed by atoms with Crippen molar-refractivity contribution in [3.63, 3.8) is 0 Å². The molecule has 1 atom stereocenters. The van der Waals surface area contributed by atoms with Gasteiger partial charge in [-0.2, -0.15) is 0 Å². The highest BCUT2D eigenvalue weighted by Crippen LogP contribution is 2.09. The van der Waals surface area contributed by atoms with Crippen LogP contribution in [-0.2, 0) is 9.59 Å². The zero-order valence-corrected chi connectivity index (χ0v) is 9.29. The minimum atomic E-state index is -0.283. The van der Waals surface area contributed by atoms with Gasteiger partial charge >= 0.3 is 0 Å². The van der Waals surface area contributed by atoms with Crippen LogP contribution in [0.15, 0.2) is 4.99 Å². The summed E-state index contributed by atoms with van der Waals surface area (Å²) in [7, 11) is 0. The summed E-state index contributed by atoms with van der Waals surface area (Å²) in [6, 6.07) is -0.283. The molecule has 5 nitrogen and oxygen atoms in total. The molecule has 0 radical (unpaired) electrons. The Morgan fingerprint density at radius 3 is 2.88 bits per heavy atom. The van der Waals surface area contributed by atoms with Gasteiger partial charge in [0.05, 0.1) is 5.84 Å². The Balaban J connectivity index is 1.90. The van der Waals surface area contributed by atoms with E-state index in [1.165, 1.54) is 6.42 Å². The van der Waals surface area contributed by atoms with Gasteiger partial charge in [0.1, 0.15) is 6.04 Å². The predicted octanol–water partition coefficient (Wildman–Crippen LogP) is 0.354. The number of aliphatic imine (C=N–C) groups is 1. The van der Waals surface area contributed by atoms with Crippen LogP contribution in [0.2, 0.25) is 0 Å². The summed E-state index contributed by atoms with van der Waals surface area (Å²) in [4.78, 5) is 26.9. The van der Waals surface area contributed by atoms with Gasteiger partial charge in [-0.05, 0) is 19.3 Å². The van der Waals surface area contributed by atoms with E-state index in [1.807, 2.05) is 0 Å². The third-order valence-corrected chi connectivity index (χ3v) is 2.95. The Bertz CT molecular complexity index is 325. The number of nitrogens with zero attached hydrogens (tertiary/aromatic N) is 1. The van der Waals surface area contributed by atoms with Gasteiger partial charge in [-0.15, -0.1) is 0 Å². The van der Waals surface area contributed by atoms with Crippen molar-refractivity contribution in [3.05, 3.63) is 0 Å². The topological polar surface area (TPSA) is 70.6 Å². The molecule has 2 N–H and O–H groups in total. The molecule has 2 aliphatic rings. The molecular formula is C11H17N3O2. The molecule has 0 aliphatic carbocycles. The number of amides is 2. The van der Waals surface area contributed by atoms with Gasteiger partial charge in [0.15, 0.2) is 0 Å². The van der Waals surface area contributed by atoms with Crippen LogP contribution in [0.5, 0.6) is 0 Å². The SMILES string of the molecule is O=C1CCC(NC2=NCCCCC2)C(=O)N1. The van der Waals surface area contributed by atoms with E-state index >= 15 is 0 Å². The lowest BCUT2D eigenvalue weighted by Crippen LogP contribution is -2.52. The van der Waals surface area contributed by atoms with Crippen molar-refractivity contribution in [2.75, 3.05) is 6.54 Å². The minimum absolute atomic E-state index is 0.175. The lowest BCUT2D eigenvalue weighted by atomic mass is 10.1. The zero-order valence-electron chi connectivity index (χ0n) is 9.29. The molecule has 5 heteroatoms. The first-order chi connectivity index (χ1) is 7.75. The van der Waals surface area contributed by atoms with Gasteiger partial charge in [0.2, 0.25) is 11.8 Å². The van der Waals surface area contributed by atoms with E-state index in [2.05, 4.69) is 15.6 Å². The smallest absolute Gasteiger partial charge is 0.249 e. The fourth-order valence-corrected chi connectivity index (χ4v) is 2.02. The molecule has 0 aromatic heterocycles. The number of amidine groups is 1. The van der Waals surface area contributed by atoms with E-state index in [-0.39, 0.29) is 17.9 Å². The van der Waals surface area contributed by atoms with Crippen LogP contribution in [0.25, 0.3) is 0 Å². The van der Waals surface area contributed by atoms with E-state index in [0.717, 1.165) is 31.6 Å². The third kappa shape index (κ3) is 2.81. The maximum atomic E-state index is 11.5. The van der Waals surface area contributed by atoms with Crippen molar-refractivity contribution in [3.8, 4) is 0 Å². The molecule has 16 heavy (non-hydrogen) atoms. The first-order valence-corrected chi connectivity index (χ1v) is 5.89. The molecule has 0 aromatic rings. The average molecular weight is 223 g/mol. The maximum Gasteiger partial charge on any atom is 0.249 e. The van der Waals surface area contributed by atoms with Crippen LogP contribution in [0.3, 0.4) is 0 Å². The molecule has 1 saturated heterocycles. The van der Waals surface area contributed by atoms with Crippen LogP contribution >= 0.6 is 0 Å². The van der Waals surface area contributed by atoms with Gasteiger partial charge < -0.3 is 5.32 Å². The first kappa shape index (κ1) is 11.1. The summed E-state index contributed by atoms with van der Waals surface area (Å²) >= 11 is 0. The van der Waals surface area contributed by atoms with Crippen molar-refractivity contribution in [1.82, 2.24) is 10.6 Å². The maximum absolute atomic E-state index is 11.5. The summed E-state index contributed by atoms with van der Waals surface area (Å²) in [6.07, 6.45) is 5.35. The predicted molar refractivity (Wildman–Crippen MR) is 60.1 cm³/mol. The lowest BCUT2D eigenvalue weighted by molar-refractivity contribution is -0.134. The fourth-order valence-electron chi connectivity index (χ4n) is 2.02. The summed E-state index contributed by atoms with van der Waals surface area (Å²) in [6.45, 7) is 0.843. The largest absolute Gasteiger partial charge is 0.362 e. The summed E-state index contributed by atoms with van der Waals surface area (Å²) < 4.78 is 0. The van der Waals surface area contributed by atoms with E-state index in [1.54, 1.807) is 0 Å². The second-order valence-electron chi connectivity index (χ2n) is 4.29. The highest BCUT2D eigenvalue weighted by atomic mass is 16.2. The average Bonchev–Trinajstić information content (AvgIpc) is 2.51. The lowest BCUT2D eigenvalue weighted by Gasteiger charge is -2.23. The highest BCUT2D eigenvalue weighted by Gasteiger charge is 2.27. The van der Waals surface area contributed by atoms with Crippen LogP contribution in [0.1, 0.15) is 38.5 Å². The molecule has 0 saturated carbocycles. The summed E-state index contributed by atoms with van der Waals surface area (Å²) in [5, 5.41) is 5.49. The molecular weight excluding hydrogens is 206 g/mol. The van der Waals surface area contributed by atoms with Gasteiger partial charge in [-0.25, -0.2) is 0 Å². The van der Waals surface area contributed by atoms with Gasteiger partial charge in [0.25, 0.3) is 0 Å². The molecule has 0 aromatic carbocycles. The molecule has 2 rings (SSSR count). The Kier molecular flexibility index (Phi) is 3.54. The standard InChI is InChI=1S/C11H17N3O2/c15-10-6-5-8(11(16)14-10)13-9-4-2-1-3-7-12-9/h8H,1-7H2,(H,12,13)(H,14,15,16). The molecule has 0 spiro atoms. The molecule has 88 valence electrons. The molecule has 2 aliphatic heterocycles. The number of carbonyl (C=O) groups is 2. The molecule has 2 amide bonds. The monoisotopic (exact) mass is 223 g/mol. The number of hydrogen-bond acceptors (Lipinski definition) is 4. The Morgan fingerprint density at radius 2 is 2.06 bits per heavy atom. The fraction of sp³-hybridized carbons (Fsp3) is 0.727. The number of hydrogen-bond donors (Lipinski definition) is 2. The normalized spacial score (nSPS) is 26.8. The van der Waals surface area contributed by atoms with E-state index < -0.39 is 0 Å². The van der Waals surface area contributed by atoms with E-state index in [9.17, 15) is 9.59 Å². The Hall–Kier alpha value is -1.39. The number of carbonyl (C=O) groups excluding carboxylic acids is 2.